The van der Waals surface area contributed by atoms with E-state index in [0.29, 0.717) is 0 Å². The second-order valence-electron chi connectivity index (χ2n) is 3.20. The van der Waals surface area contributed by atoms with Crippen LogP contribution in [-0.4, -0.2) is 76.9 Å². The first-order chi connectivity index (χ1) is 8.29. The molecule has 0 saturated carbocycles. The topological polar surface area (TPSA) is 107 Å². The fraction of sp³-hybridized carbons (Fsp3) is 0.200. The van der Waals surface area contributed by atoms with Gasteiger partial charge in [0.25, 0.3) is 10.1 Å². The summed E-state index contributed by atoms with van der Waals surface area (Å²) in [4.78, 5) is 22.0. The van der Waals surface area contributed by atoms with E-state index >= 15 is 0 Å². The summed E-state index contributed by atoms with van der Waals surface area (Å²) in [7, 11) is -2.35. The summed E-state index contributed by atoms with van der Waals surface area (Å²) in [5, 5.41) is 0. The zero-order valence-corrected chi connectivity index (χ0v) is 10.4. The van der Waals surface area contributed by atoms with Gasteiger partial charge in [-0.25, -0.2) is 9.59 Å². The summed E-state index contributed by atoms with van der Waals surface area (Å²) in [5.74, 6) is -1.68. The molecule has 0 saturated heterocycles. The average molecular weight is 316 g/mol. The summed E-state index contributed by atoms with van der Waals surface area (Å²) in [6, 6.07) is 2.90. The van der Waals surface area contributed by atoms with Gasteiger partial charge >= 0.3 is 49.7 Å². The molecular weight excluding hydrogens is 304 g/mol. The SMILES string of the molecule is COC(=O)c1cc(C(=O)OC)cc(S(=O)(=O)O)c1.[CaH2]. The molecule has 0 aliphatic carbocycles. The van der Waals surface area contributed by atoms with Crippen LogP contribution in [0.25, 0.3) is 0 Å². The zero-order valence-electron chi connectivity index (χ0n) is 9.54. The van der Waals surface area contributed by atoms with E-state index in [1.807, 2.05) is 0 Å². The third-order valence-corrected chi connectivity index (χ3v) is 2.88. The fourth-order valence-corrected chi connectivity index (χ4v) is 1.77. The Kier molecular flexibility index (Phi) is 6.95. The van der Waals surface area contributed by atoms with Crippen LogP contribution in [0.3, 0.4) is 0 Å². The third kappa shape index (κ3) is 4.73. The van der Waals surface area contributed by atoms with Crippen LogP contribution in [0.1, 0.15) is 20.7 Å². The predicted molar refractivity (Wildman–Crippen MR) is 67.5 cm³/mol. The van der Waals surface area contributed by atoms with Gasteiger partial charge in [0.15, 0.2) is 0 Å². The standard InChI is InChI=1S/C10H10O7S.Ca.2H/c1-16-9(11)6-3-7(10(12)17-2)5-8(4-6)18(13,14)15;;;/h3-5H,1-2H3,(H,13,14,15);;;. The maximum atomic E-state index is 11.3. The average Bonchev–Trinajstić information content (AvgIpc) is 2.35. The van der Waals surface area contributed by atoms with Gasteiger partial charge < -0.3 is 9.47 Å². The molecule has 0 spiro atoms. The van der Waals surface area contributed by atoms with Crippen molar-refractivity contribution in [1.29, 1.82) is 0 Å². The number of ether oxygens (including phenoxy) is 2. The summed E-state index contributed by atoms with van der Waals surface area (Å²) < 4.78 is 39.7. The van der Waals surface area contributed by atoms with Crippen molar-refractivity contribution < 1.29 is 32.0 Å². The van der Waals surface area contributed by atoms with Gasteiger partial charge in [0, 0.05) is 0 Å². The molecule has 0 bridgehead atoms. The van der Waals surface area contributed by atoms with E-state index in [1.165, 1.54) is 0 Å². The Balaban J connectivity index is 0.00000324. The molecule has 0 amide bonds. The second-order valence-corrected chi connectivity index (χ2v) is 4.63. The molecule has 102 valence electrons. The number of esters is 2. The first-order valence-corrected chi connectivity index (χ1v) is 6.03. The molecule has 0 heterocycles. The van der Waals surface area contributed by atoms with Gasteiger partial charge in [0.1, 0.15) is 0 Å². The van der Waals surface area contributed by atoms with Gasteiger partial charge in [-0.1, -0.05) is 0 Å². The number of hydrogen-bond donors (Lipinski definition) is 1. The Bertz CT molecular complexity index is 560. The molecule has 1 aromatic rings. The van der Waals surface area contributed by atoms with Crippen molar-refractivity contribution >= 4 is 59.8 Å². The zero-order chi connectivity index (χ0) is 13.9. The number of rotatable bonds is 3. The first kappa shape index (κ1) is 18.3. The maximum absolute atomic E-state index is 11.3. The van der Waals surface area contributed by atoms with Crippen LogP contribution in [0.4, 0.5) is 0 Å². The van der Waals surface area contributed by atoms with Crippen molar-refractivity contribution in [2.45, 2.75) is 4.90 Å². The van der Waals surface area contributed by atoms with Gasteiger partial charge in [-0.3, -0.25) is 4.55 Å². The Morgan fingerprint density at radius 3 is 1.63 bits per heavy atom. The Labute approximate surface area is 139 Å². The molecule has 1 aromatic carbocycles. The van der Waals surface area contributed by atoms with E-state index in [-0.39, 0.29) is 48.9 Å². The summed E-state index contributed by atoms with van der Waals surface area (Å²) in [6.07, 6.45) is 0. The van der Waals surface area contributed by atoms with E-state index in [0.717, 1.165) is 32.4 Å². The molecule has 0 fully saturated rings. The molecule has 0 unspecified atom stereocenters. The second kappa shape index (κ2) is 7.20. The van der Waals surface area contributed by atoms with Crippen LogP contribution in [-0.2, 0) is 19.6 Å². The monoisotopic (exact) mass is 316 g/mol. The van der Waals surface area contributed by atoms with Crippen molar-refractivity contribution in [2.75, 3.05) is 14.2 Å². The van der Waals surface area contributed by atoms with Crippen LogP contribution in [0.5, 0.6) is 0 Å². The minimum absolute atomic E-state index is 0. The molecular formula is C10H12CaO7S. The van der Waals surface area contributed by atoms with E-state index in [9.17, 15) is 18.0 Å². The summed E-state index contributed by atoms with van der Waals surface area (Å²) in [6.45, 7) is 0. The fourth-order valence-electron chi connectivity index (χ4n) is 1.22. The predicted octanol–water partition coefficient (Wildman–Crippen LogP) is -0.410. The van der Waals surface area contributed by atoms with E-state index in [1.54, 1.807) is 0 Å². The molecule has 0 aromatic heterocycles. The van der Waals surface area contributed by atoms with Gasteiger partial charge in [0.05, 0.1) is 30.2 Å². The van der Waals surface area contributed by atoms with Crippen molar-refractivity contribution in [3.05, 3.63) is 29.3 Å². The first-order valence-electron chi connectivity index (χ1n) is 4.59. The Morgan fingerprint density at radius 2 is 1.37 bits per heavy atom. The molecule has 7 nitrogen and oxygen atoms in total. The number of hydrogen-bond acceptors (Lipinski definition) is 6. The molecule has 19 heavy (non-hydrogen) atoms. The van der Waals surface area contributed by atoms with Gasteiger partial charge in [-0.05, 0) is 18.2 Å². The van der Waals surface area contributed by atoms with Crippen LogP contribution >= 0.6 is 0 Å². The van der Waals surface area contributed by atoms with Crippen molar-refractivity contribution in [1.82, 2.24) is 0 Å². The van der Waals surface area contributed by atoms with E-state index in [2.05, 4.69) is 9.47 Å². The number of carbonyl (C=O) groups is 2. The van der Waals surface area contributed by atoms with E-state index < -0.39 is 27.0 Å². The van der Waals surface area contributed by atoms with Gasteiger partial charge in [0.2, 0.25) is 0 Å². The van der Waals surface area contributed by atoms with Crippen molar-refractivity contribution in [3.63, 3.8) is 0 Å². The van der Waals surface area contributed by atoms with Gasteiger partial charge in [-0.15, -0.1) is 0 Å². The molecule has 0 aliphatic rings. The molecule has 0 radical (unpaired) electrons. The molecule has 1 rings (SSSR count). The minimum atomic E-state index is -4.55. The summed E-state index contributed by atoms with van der Waals surface area (Å²) in [5.41, 5.74) is -0.374. The molecule has 1 N–H and O–H groups in total. The quantitative estimate of drug-likeness (QED) is 0.459. The van der Waals surface area contributed by atoms with Crippen LogP contribution < -0.4 is 0 Å². The van der Waals surface area contributed by atoms with Crippen LogP contribution in [0, 0.1) is 0 Å². The molecule has 9 heteroatoms. The van der Waals surface area contributed by atoms with Gasteiger partial charge in [-0.2, -0.15) is 8.42 Å². The Hall–Kier alpha value is -0.670. The normalized spacial score (nSPS) is 10.3. The van der Waals surface area contributed by atoms with Crippen molar-refractivity contribution in [2.24, 2.45) is 0 Å². The number of carbonyl (C=O) groups excluding carboxylic acids is 2. The number of methoxy groups -OCH3 is 2. The number of benzene rings is 1. The third-order valence-electron chi connectivity index (χ3n) is 2.05. The van der Waals surface area contributed by atoms with Crippen LogP contribution in [0.2, 0.25) is 0 Å². The Morgan fingerprint density at radius 1 is 1.00 bits per heavy atom. The molecule has 0 atom stereocenters. The van der Waals surface area contributed by atoms with Crippen molar-refractivity contribution in [3.8, 4) is 0 Å². The summed E-state index contributed by atoms with van der Waals surface area (Å²) >= 11 is 0. The van der Waals surface area contributed by atoms with E-state index in [4.69, 9.17) is 4.55 Å². The molecule has 0 aliphatic heterocycles. The van der Waals surface area contributed by atoms with Crippen LogP contribution in [0.15, 0.2) is 23.1 Å².